The molecule has 1 aromatic heterocycles. The van der Waals surface area contributed by atoms with Crippen molar-refractivity contribution in [3.63, 3.8) is 0 Å². The summed E-state index contributed by atoms with van der Waals surface area (Å²) >= 11 is 11.8. The maximum Gasteiger partial charge on any atom is 0.255 e. The van der Waals surface area contributed by atoms with Crippen LogP contribution in [0.25, 0.3) is 0 Å². The number of halogens is 2. The molecular weight excluding hydrogens is 375 g/mol. The normalized spacial score (nSPS) is 14.9. The van der Waals surface area contributed by atoms with Crippen LogP contribution in [0.2, 0.25) is 10.2 Å². The number of nitrogens with zero attached hydrogens (tertiary/aromatic N) is 3. The van der Waals surface area contributed by atoms with E-state index in [2.05, 4.69) is 10.3 Å². The number of anilines is 1. The molecule has 1 aromatic carbocycles. The van der Waals surface area contributed by atoms with Crippen LogP contribution in [0.1, 0.15) is 10.4 Å². The van der Waals surface area contributed by atoms with Crippen LogP contribution in [-0.2, 0) is 4.79 Å². The van der Waals surface area contributed by atoms with E-state index in [1.165, 1.54) is 6.20 Å². The topological polar surface area (TPSA) is 65.5 Å². The molecular formula is C18H18Cl2N4O2. The SMILES string of the molecule is O=C(CN1CCN(C(=O)c2ccc(Cl)nc2)CC1)Nc1ccccc1Cl. The maximum absolute atomic E-state index is 12.4. The summed E-state index contributed by atoms with van der Waals surface area (Å²) in [6.45, 7) is 2.63. The molecule has 1 fully saturated rings. The summed E-state index contributed by atoms with van der Waals surface area (Å²) in [5, 5.41) is 3.67. The summed E-state index contributed by atoms with van der Waals surface area (Å²) in [5.74, 6) is -0.200. The van der Waals surface area contributed by atoms with Gasteiger partial charge < -0.3 is 10.2 Å². The van der Waals surface area contributed by atoms with E-state index in [9.17, 15) is 9.59 Å². The fraction of sp³-hybridized carbons (Fsp3) is 0.278. The standard InChI is InChI=1S/C18H18Cl2N4O2/c19-14-3-1-2-4-15(14)22-17(25)12-23-7-9-24(10-8-23)18(26)13-5-6-16(20)21-11-13/h1-6,11H,7-10,12H2,(H,22,25). The summed E-state index contributed by atoms with van der Waals surface area (Å²) < 4.78 is 0. The third-order valence-electron chi connectivity index (χ3n) is 4.15. The van der Waals surface area contributed by atoms with Gasteiger partial charge in [-0.3, -0.25) is 14.5 Å². The number of pyridine rings is 1. The fourth-order valence-corrected chi connectivity index (χ4v) is 3.04. The van der Waals surface area contributed by atoms with Crippen molar-refractivity contribution in [2.24, 2.45) is 0 Å². The molecule has 26 heavy (non-hydrogen) atoms. The lowest BCUT2D eigenvalue weighted by molar-refractivity contribution is -0.117. The highest BCUT2D eigenvalue weighted by molar-refractivity contribution is 6.33. The third kappa shape index (κ3) is 4.72. The number of piperazine rings is 1. The van der Waals surface area contributed by atoms with Gasteiger partial charge in [0.25, 0.3) is 5.91 Å². The minimum Gasteiger partial charge on any atom is -0.336 e. The van der Waals surface area contributed by atoms with Gasteiger partial charge in [0.1, 0.15) is 5.15 Å². The number of carbonyl (C=O) groups excluding carboxylic acids is 2. The quantitative estimate of drug-likeness (QED) is 0.812. The number of aromatic nitrogens is 1. The first-order valence-electron chi connectivity index (χ1n) is 8.20. The van der Waals surface area contributed by atoms with E-state index in [0.717, 1.165) is 0 Å². The van der Waals surface area contributed by atoms with Gasteiger partial charge >= 0.3 is 0 Å². The van der Waals surface area contributed by atoms with E-state index in [1.54, 1.807) is 29.2 Å². The first-order chi connectivity index (χ1) is 12.5. The number of amides is 2. The van der Waals surface area contributed by atoms with E-state index in [4.69, 9.17) is 23.2 Å². The molecule has 0 radical (unpaired) electrons. The number of rotatable bonds is 4. The number of carbonyl (C=O) groups is 2. The van der Waals surface area contributed by atoms with Crippen molar-refractivity contribution in [1.82, 2.24) is 14.8 Å². The lowest BCUT2D eigenvalue weighted by Gasteiger charge is -2.34. The second kappa shape index (κ2) is 8.49. The van der Waals surface area contributed by atoms with E-state index in [1.807, 2.05) is 17.0 Å². The molecule has 2 heterocycles. The smallest absolute Gasteiger partial charge is 0.255 e. The molecule has 0 atom stereocenters. The molecule has 1 saturated heterocycles. The van der Waals surface area contributed by atoms with Crippen molar-refractivity contribution < 1.29 is 9.59 Å². The molecule has 0 bridgehead atoms. The molecule has 8 heteroatoms. The number of para-hydroxylation sites is 1. The summed E-state index contributed by atoms with van der Waals surface area (Å²) in [7, 11) is 0. The van der Waals surface area contributed by atoms with Gasteiger partial charge in [-0.1, -0.05) is 35.3 Å². The molecule has 2 aromatic rings. The van der Waals surface area contributed by atoms with Crippen LogP contribution in [0.5, 0.6) is 0 Å². The first-order valence-corrected chi connectivity index (χ1v) is 8.96. The van der Waals surface area contributed by atoms with Crippen molar-refractivity contribution in [3.8, 4) is 0 Å². The zero-order valence-corrected chi connectivity index (χ0v) is 15.5. The fourth-order valence-electron chi connectivity index (χ4n) is 2.75. The maximum atomic E-state index is 12.4. The highest BCUT2D eigenvalue weighted by atomic mass is 35.5. The van der Waals surface area contributed by atoms with Crippen molar-refractivity contribution in [2.45, 2.75) is 0 Å². The van der Waals surface area contributed by atoms with Crippen molar-refractivity contribution in [2.75, 3.05) is 38.0 Å². The Bertz CT molecular complexity index is 790. The van der Waals surface area contributed by atoms with Crippen LogP contribution < -0.4 is 5.32 Å². The largest absolute Gasteiger partial charge is 0.336 e. The van der Waals surface area contributed by atoms with E-state index in [0.29, 0.717) is 47.6 Å². The van der Waals surface area contributed by atoms with Crippen LogP contribution in [0.15, 0.2) is 42.6 Å². The number of benzene rings is 1. The molecule has 2 amide bonds. The van der Waals surface area contributed by atoms with Gasteiger partial charge in [0.15, 0.2) is 0 Å². The molecule has 0 spiro atoms. The van der Waals surface area contributed by atoms with E-state index in [-0.39, 0.29) is 18.4 Å². The Kier molecular flexibility index (Phi) is 6.08. The van der Waals surface area contributed by atoms with Crippen molar-refractivity contribution in [3.05, 3.63) is 58.3 Å². The average Bonchev–Trinajstić information content (AvgIpc) is 2.64. The lowest BCUT2D eigenvalue weighted by Crippen LogP contribution is -2.50. The van der Waals surface area contributed by atoms with Crippen LogP contribution in [0.3, 0.4) is 0 Å². The van der Waals surface area contributed by atoms with Crippen LogP contribution in [0.4, 0.5) is 5.69 Å². The minimum absolute atomic E-state index is 0.0747. The molecule has 6 nitrogen and oxygen atoms in total. The zero-order valence-electron chi connectivity index (χ0n) is 14.0. The Labute approximate surface area is 161 Å². The summed E-state index contributed by atoms with van der Waals surface area (Å²) in [4.78, 5) is 32.3. The molecule has 0 saturated carbocycles. The molecule has 136 valence electrons. The van der Waals surface area contributed by atoms with Gasteiger partial charge in [-0.2, -0.15) is 0 Å². The Morgan fingerprint density at radius 1 is 1.04 bits per heavy atom. The Balaban J connectivity index is 1.49. The van der Waals surface area contributed by atoms with Crippen LogP contribution in [0, 0.1) is 0 Å². The Morgan fingerprint density at radius 2 is 1.77 bits per heavy atom. The Morgan fingerprint density at radius 3 is 2.42 bits per heavy atom. The van der Waals surface area contributed by atoms with Gasteiger partial charge in [-0.25, -0.2) is 4.98 Å². The van der Waals surface area contributed by atoms with Crippen LogP contribution in [-0.4, -0.2) is 59.3 Å². The third-order valence-corrected chi connectivity index (χ3v) is 4.70. The zero-order chi connectivity index (χ0) is 18.5. The monoisotopic (exact) mass is 392 g/mol. The number of nitrogens with one attached hydrogen (secondary N) is 1. The number of hydrogen-bond acceptors (Lipinski definition) is 4. The van der Waals surface area contributed by atoms with E-state index < -0.39 is 0 Å². The summed E-state index contributed by atoms with van der Waals surface area (Å²) in [5.41, 5.74) is 1.11. The van der Waals surface area contributed by atoms with Gasteiger partial charge in [0.2, 0.25) is 5.91 Å². The van der Waals surface area contributed by atoms with Crippen molar-refractivity contribution >= 4 is 40.7 Å². The van der Waals surface area contributed by atoms with Gasteiger partial charge in [0, 0.05) is 32.4 Å². The molecule has 1 aliphatic rings. The first kappa shape index (κ1) is 18.6. The number of hydrogen-bond donors (Lipinski definition) is 1. The second-order valence-electron chi connectivity index (χ2n) is 5.97. The second-order valence-corrected chi connectivity index (χ2v) is 6.76. The van der Waals surface area contributed by atoms with Crippen LogP contribution >= 0.6 is 23.2 Å². The summed E-state index contributed by atoms with van der Waals surface area (Å²) in [6, 6.07) is 10.4. The summed E-state index contributed by atoms with van der Waals surface area (Å²) in [6.07, 6.45) is 1.48. The van der Waals surface area contributed by atoms with Gasteiger partial charge in [-0.05, 0) is 24.3 Å². The van der Waals surface area contributed by atoms with Crippen molar-refractivity contribution in [1.29, 1.82) is 0 Å². The molecule has 0 unspecified atom stereocenters. The molecule has 0 aliphatic carbocycles. The predicted molar refractivity (Wildman–Crippen MR) is 102 cm³/mol. The highest BCUT2D eigenvalue weighted by Crippen LogP contribution is 2.20. The molecule has 3 rings (SSSR count). The predicted octanol–water partition coefficient (Wildman–Crippen LogP) is 2.78. The molecule has 1 N–H and O–H groups in total. The highest BCUT2D eigenvalue weighted by Gasteiger charge is 2.23. The lowest BCUT2D eigenvalue weighted by atomic mass is 10.2. The minimum atomic E-state index is -0.125. The van der Waals surface area contributed by atoms with Gasteiger partial charge in [0.05, 0.1) is 22.8 Å². The Hall–Kier alpha value is -2.15. The van der Waals surface area contributed by atoms with Gasteiger partial charge in [-0.15, -0.1) is 0 Å². The van der Waals surface area contributed by atoms with E-state index >= 15 is 0 Å². The molecule has 1 aliphatic heterocycles. The average molecular weight is 393 g/mol.